The minimum atomic E-state index is 0.526. The average molecular weight is 590 g/mol. The molecule has 0 aromatic carbocycles. The van der Waals surface area contributed by atoms with Crippen molar-refractivity contribution < 1.29 is 47.4 Å². The first-order valence-corrected chi connectivity index (χ1v) is 15.4. The second kappa shape index (κ2) is 54.6. The van der Waals surface area contributed by atoms with Crippen LogP contribution >= 0.6 is 0 Å². The number of hydrogen-bond donors (Lipinski definition) is 1. The van der Waals surface area contributed by atoms with E-state index in [4.69, 9.17) is 53.1 Å². The van der Waals surface area contributed by atoms with E-state index in [0.29, 0.717) is 132 Å². The topological polar surface area (TPSA) is 118 Å². The zero-order valence-electron chi connectivity index (χ0n) is 27.2. The van der Waals surface area contributed by atoms with Crippen LogP contribution in [0.25, 0.3) is 0 Å². The van der Waals surface area contributed by atoms with E-state index < -0.39 is 0 Å². The molecule has 0 saturated heterocycles. The molecule has 0 aliphatic heterocycles. The fraction of sp³-hybridized carbons (Fsp3) is 1.00. The van der Waals surface area contributed by atoms with Crippen LogP contribution in [-0.4, -0.2) is 139 Å². The van der Waals surface area contributed by atoms with Crippen molar-refractivity contribution in [1.82, 2.24) is 0 Å². The summed E-state index contributed by atoms with van der Waals surface area (Å²) in [5.41, 5.74) is 5.32. The molecule has 40 heavy (non-hydrogen) atoms. The van der Waals surface area contributed by atoms with E-state index in [9.17, 15) is 0 Å². The Hall–Kier alpha value is -0.440. The zero-order valence-corrected chi connectivity index (χ0v) is 27.2. The highest BCUT2D eigenvalue weighted by molar-refractivity contribution is 4.38. The summed E-state index contributed by atoms with van der Waals surface area (Å²) in [6.07, 6.45) is 1.03. The molecule has 0 heterocycles. The summed E-state index contributed by atoms with van der Waals surface area (Å²) in [6.45, 7) is 25.8. The predicted octanol–water partition coefficient (Wildman–Crippen LogP) is 3.60. The normalized spacial score (nSPS) is 10.2. The van der Waals surface area contributed by atoms with E-state index in [2.05, 4.69) is 6.92 Å². The van der Waals surface area contributed by atoms with Crippen molar-refractivity contribution in [2.45, 2.75) is 54.9 Å². The van der Waals surface area contributed by atoms with Crippen molar-refractivity contribution in [3.8, 4) is 0 Å². The van der Waals surface area contributed by atoms with Gasteiger partial charge in [-0.05, 0) is 6.42 Å². The summed E-state index contributed by atoms with van der Waals surface area (Å²) in [5.74, 6) is 0. The predicted molar refractivity (Wildman–Crippen MR) is 162 cm³/mol. The van der Waals surface area contributed by atoms with Crippen LogP contribution < -0.4 is 5.73 Å². The highest BCUT2D eigenvalue weighted by Gasteiger charge is 1.95. The molecule has 0 saturated carbocycles. The molecule has 0 aliphatic rings. The van der Waals surface area contributed by atoms with E-state index in [0.717, 1.165) is 13.0 Å². The molecule has 0 aromatic heterocycles. The second-order valence-electron chi connectivity index (χ2n) is 6.91. The maximum atomic E-state index is 5.44. The van der Waals surface area contributed by atoms with Crippen LogP contribution in [0.2, 0.25) is 0 Å². The van der Waals surface area contributed by atoms with E-state index >= 15 is 0 Å². The molecule has 0 atom stereocenters. The third-order valence-electron chi connectivity index (χ3n) is 3.96. The molecule has 2 N–H and O–H groups in total. The summed E-state index contributed by atoms with van der Waals surface area (Å²) < 4.78 is 53.8. The third-order valence-corrected chi connectivity index (χ3v) is 3.96. The number of hydrogen-bond acceptors (Lipinski definition) is 11. The van der Waals surface area contributed by atoms with Gasteiger partial charge in [-0.1, -0.05) is 48.5 Å². The van der Waals surface area contributed by atoms with Gasteiger partial charge in [-0.25, -0.2) is 0 Å². The number of ether oxygens (including phenoxy) is 10. The van der Waals surface area contributed by atoms with Gasteiger partial charge in [0.2, 0.25) is 0 Å². The van der Waals surface area contributed by atoms with Gasteiger partial charge in [0.15, 0.2) is 0 Å². The molecule has 0 aromatic rings. The summed E-state index contributed by atoms with van der Waals surface area (Å²) >= 11 is 0. The molecular formula is C29H67NO10. The van der Waals surface area contributed by atoms with Crippen LogP contribution in [-0.2, 0) is 47.4 Å². The van der Waals surface area contributed by atoms with Crippen LogP contribution in [0.1, 0.15) is 54.9 Å². The van der Waals surface area contributed by atoms with Crippen LogP contribution in [0, 0.1) is 0 Å². The Kier molecular flexibility index (Phi) is 63.5. The molecule has 0 unspecified atom stereocenters. The van der Waals surface area contributed by atoms with Crippen LogP contribution in [0.15, 0.2) is 0 Å². The first-order chi connectivity index (χ1) is 19.9. The first kappa shape index (κ1) is 46.5. The summed E-state index contributed by atoms with van der Waals surface area (Å²) in [5, 5.41) is 0. The Morgan fingerprint density at radius 2 is 0.425 bits per heavy atom. The van der Waals surface area contributed by atoms with Gasteiger partial charge in [0.25, 0.3) is 0 Å². The fourth-order valence-electron chi connectivity index (χ4n) is 2.31. The molecule has 0 amide bonds. The Bertz CT molecular complexity index is 327. The Morgan fingerprint density at radius 1 is 0.275 bits per heavy atom. The largest absolute Gasteiger partial charge is 0.379 e. The van der Waals surface area contributed by atoms with Crippen LogP contribution in [0.5, 0.6) is 0 Å². The Balaban J connectivity index is -0.00000100. The van der Waals surface area contributed by atoms with Crippen LogP contribution in [0.4, 0.5) is 0 Å². The van der Waals surface area contributed by atoms with Crippen molar-refractivity contribution >= 4 is 0 Å². The Morgan fingerprint density at radius 3 is 0.575 bits per heavy atom. The lowest BCUT2D eigenvalue weighted by molar-refractivity contribution is -0.0263. The molecule has 248 valence electrons. The van der Waals surface area contributed by atoms with E-state index in [1.165, 1.54) is 0 Å². The lowest BCUT2D eigenvalue weighted by Crippen LogP contribution is -2.15. The summed E-state index contributed by atoms with van der Waals surface area (Å²) in [6, 6.07) is 0. The van der Waals surface area contributed by atoms with Crippen molar-refractivity contribution in [2.75, 3.05) is 139 Å². The molecule has 0 bridgehead atoms. The molecule has 0 spiro atoms. The van der Waals surface area contributed by atoms with Crippen molar-refractivity contribution in [2.24, 2.45) is 5.73 Å². The van der Waals surface area contributed by atoms with Gasteiger partial charge in [0, 0.05) is 13.2 Å². The smallest absolute Gasteiger partial charge is 0.0701 e. The molecule has 0 radical (unpaired) electrons. The maximum Gasteiger partial charge on any atom is 0.0701 e. The highest BCUT2D eigenvalue weighted by Crippen LogP contribution is 1.86. The highest BCUT2D eigenvalue weighted by atomic mass is 16.6. The van der Waals surface area contributed by atoms with Crippen LogP contribution in [0.3, 0.4) is 0 Å². The fourth-order valence-corrected chi connectivity index (χ4v) is 2.31. The molecule has 0 aliphatic carbocycles. The van der Waals surface area contributed by atoms with Gasteiger partial charge in [-0.3, -0.25) is 0 Å². The molecule has 11 heteroatoms. The number of rotatable bonds is 31. The van der Waals surface area contributed by atoms with Crippen molar-refractivity contribution in [1.29, 1.82) is 0 Å². The van der Waals surface area contributed by atoms with Gasteiger partial charge >= 0.3 is 0 Å². The molecule has 11 nitrogen and oxygen atoms in total. The van der Waals surface area contributed by atoms with E-state index in [-0.39, 0.29) is 0 Å². The van der Waals surface area contributed by atoms with Gasteiger partial charge in [0.1, 0.15) is 0 Å². The quantitative estimate of drug-likeness (QED) is 0.120. The Labute approximate surface area is 246 Å². The minimum absolute atomic E-state index is 0.526. The summed E-state index contributed by atoms with van der Waals surface area (Å²) in [7, 11) is 0. The minimum Gasteiger partial charge on any atom is -0.379 e. The van der Waals surface area contributed by atoms with Crippen molar-refractivity contribution in [3.63, 3.8) is 0 Å². The lowest BCUT2D eigenvalue weighted by Gasteiger charge is -2.09. The standard InChI is InChI=1S/C23H49NO10.3C2H6/c1-2-4-25-6-8-27-10-12-29-14-16-31-18-20-33-22-23-34-21-19-32-17-15-30-13-11-28-9-7-26-5-3-24;3*1-2/h2-24H2,1H3;3*1-2H3. The third kappa shape index (κ3) is 53.8. The monoisotopic (exact) mass is 589 g/mol. The van der Waals surface area contributed by atoms with Gasteiger partial charge < -0.3 is 53.1 Å². The zero-order chi connectivity index (χ0) is 30.6. The van der Waals surface area contributed by atoms with Gasteiger partial charge in [0.05, 0.1) is 126 Å². The SMILES string of the molecule is CC.CC.CC.CCCOCCOCCOCCOCCOCCOCCOCCOCCOCCOCCN. The first-order valence-electron chi connectivity index (χ1n) is 15.4. The lowest BCUT2D eigenvalue weighted by atomic mass is 10.5. The number of nitrogens with two attached hydrogens (primary N) is 1. The molecule has 0 fully saturated rings. The average Bonchev–Trinajstić information content (AvgIpc) is 3.01. The molecule has 0 rings (SSSR count). The second-order valence-corrected chi connectivity index (χ2v) is 6.91. The van der Waals surface area contributed by atoms with Gasteiger partial charge in [-0.2, -0.15) is 0 Å². The van der Waals surface area contributed by atoms with E-state index in [1.54, 1.807) is 0 Å². The maximum absolute atomic E-state index is 5.44. The summed E-state index contributed by atoms with van der Waals surface area (Å²) in [4.78, 5) is 0. The molecular weight excluding hydrogens is 522 g/mol. The van der Waals surface area contributed by atoms with E-state index in [1.807, 2.05) is 41.5 Å². The van der Waals surface area contributed by atoms with Crippen molar-refractivity contribution in [3.05, 3.63) is 0 Å². The van der Waals surface area contributed by atoms with Gasteiger partial charge in [-0.15, -0.1) is 0 Å².